The number of aryl methyl sites for hydroxylation is 2. The van der Waals surface area contributed by atoms with Crippen LogP contribution in [0.1, 0.15) is 23.6 Å². The number of carbonyl (C=O) groups excluding carboxylic acids is 1. The van der Waals surface area contributed by atoms with E-state index in [0.29, 0.717) is 12.5 Å². The van der Waals surface area contributed by atoms with Crippen molar-refractivity contribution in [3.8, 4) is 11.3 Å². The number of carbonyl (C=O) groups is 1. The van der Waals surface area contributed by atoms with Gasteiger partial charge in [-0.2, -0.15) is 0 Å². The Morgan fingerprint density at radius 1 is 1.32 bits per heavy atom. The molecule has 0 bridgehead atoms. The lowest BCUT2D eigenvalue weighted by atomic mass is 10.0. The maximum atomic E-state index is 11.8. The minimum Gasteiger partial charge on any atom is -0.361 e. The van der Waals surface area contributed by atoms with E-state index in [4.69, 9.17) is 4.52 Å². The zero-order valence-corrected chi connectivity index (χ0v) is 15.3. The van der Waals surface area contributed by atoms with Gasteiger partial charge >= 0.3 is 0 Å². The molecule has 0 radical (unpaired) electrons. The average molecular weight is 343 g/mol. The zero-order chi connectivity index (χ0) is 18.0. The van der Waals surface area contributed by atoms with Crippen molar-refractivity contribution in [1.82, 2.24) is 24.9 Å². The number of nitrogens with zero attached hydrogens (tertiary/aromatic N) is 5. The summed E-state index contributed by atoms with van der Waals surface area (Å²) in [6.45, 7) is 6.19. The molecule has 0 aliphatic carbocycles. The Labute approximate surface area is 148 Å². The van der Waals surface area contributed by atoms with E-state index >= 15 is 0 Å². The summed E-state index contributed by atoms with van der Waals surface area (Å²) in [5.74, 6) is 1.44. The molecule has 3 heterocycles. The van der Waals surface area contributed by atoms with E-state index in [1.54, 1.807) is 25.2 Å². The van der Waals surface area contributed by atoms with Gasteiger partial charge in [0, 0.05) is 26.8 Å². The first-order valence-electron chi connectivity index (χ1n) is 8.60. The molecule has 1 aliphatic heterocycles. The van der Waals surface area contributed by atoms with Crippen molar-refractivity contribution >= 4 is 5.91 Å². The van der Waals surface area contributed by atoms with Crippen molar-refractivity contribution in [2.75, 3.05) is 33.7 Å². The van der Waals surface area contributed by atoms with E-state index < -0.39 is 0 Å². The van der Waals surface area contributed by atoms with E-state index in [0.717, 1.165) is 54.3 Å². The van der Waals surface area contributed by atoms with Gasteiger partial charge in [-0.15, -0.1) is 0 Å². The number of hydrogen-bond acceptors (Lipinski definition) is 6. The summed E-state index contributed by atoms with van der Waals surface area (Å²) >= 11 is 0. The molecule has 1 aliphatic rings. The Balaban J connectivity index is 1.59. The number of amides is 1. The van der Waals surface area contributed by atoms with Crippen LogP contribution in [0.25, 0.3) is 11.3 Å². The lowest BCUT2D eigenvalue weighted by Crippen LogP contribution is -2.35. The summed E-state index contributed by atoms with van der Waals surface area (Å²) in [6.07, 6.45) is 5.62. The average Bonchev–Trinajstić information content (AvgIpc) is 3.15. The molecule has 0 spiro atoms. The van der Waals surface area contributed by atoms with E-state index in [2.05, 4.69) is 20.0 Å². The highest BCUT2D eigenvalue weighted by atomic mass is 16.5. The molecule has 0 aromatic carbocycles. The van der Waals surface area contributed by atoms with Crippen molar-refractivity contribution in [3.63, 3.8) is 0 Å². The van der Waals surface area contributed by atoms with Crippen molar-refractivity contribution in [2.24, 2.45) is 5.92 Å². The molecule has 1 atom stereocenters. The van der Waals surface area contributed by atoms with Gasteiger partial charge in [-0.3, -0.25) is 19.7 Å². The minimum atomic E-state index is 0.157. The van der Waals surface area contributed by atoms with Crippen LogP contribution in [-0.4, -0.2) is 64.6 Å². The summed E-state index contributed by atoms with van der Waals surface area (Å²) < 4.78 is 5.19. The third-order valence-electron chi connectivity index (χ3n) is 4.72. The number of hydrogen-bond donors (Lipinski definition) is 0. The molecule has 134 valence electrons. The number of likely N-dealkylation sites (tertiary alicyclic amines) is 1. The molecule has 25 heavy (non-hydrogen) atoms. The largest absolute Gasteiger partial charge is 0.361 e. The Kier molecular flexibility index (Phi) is 5.13. The van der Waals surface area contributed by atoms with E-state index in [1.165, 1.54) is 0 Å². The molecular formula is C18H25N5O2. The molecule has 0 N–H and O–H groups in total. The summed E-state index contributed by atoms with van der Waals surface area (Å²) in [5.41, 5.74) is 3.54. The van der Waals surface area contributed by atoms with Gasteiger partial charge in [0.1, 0.15) is 5.76 Å². The van der Waals surface area contributed by atoms with Gasteiger partial charge in [0.25, 0.3) is 0 Å². The third-order valence-corrected chi connectivity index (χ3v) is 4.72. The standard InChI is InChI=1S/C18H25N5O2/c1-12-18(13(2)25-21-12)16-9-19-15(8-20-16)7-14-5-6-23(10-14)11-17(24)22(3)4/h8-9,14H,5-7,10-11H2,1-4H3/t14-/m1/s1. The molecule has 1 saturated heterocycles. The molecule has 0 unspecified atom stereocenters. The Morgan fingerprint density at radius 3 is 2.72 bits per heavy atom. The normalized spacial score (nSPS) is 17.8. The highest BCUT2D eigenvalue weighted by Crippen LogP contribution is 2.25. The van der Waals surface area contributed by atoms with Gasteiger partial charge in [-0.1, -0.05) is 5.16 Å². The summed E-state index contributed by atoms with van der Waals surface area (Å²) in [5, 5.41) is 3.96. The highest BCUT2D eigenvalue weighted by molar-refractivity contribution is 5.77. The fourth-order valence-corrected chi connectivity index (χ4v) is 3.29. The first-order chi connectivity index (χ1) is 11.9. The minimum absolute atomic E-state index is 0.157. The Morgan fingerprint density at radius 2 is 2.12 bits per heavy atom. The van der Waals surface area contributed by atoms with Crippen LogP contribution in [0, 0.1) is 19.8 Å². The van der Waals surface area contributed by atoms with Gasteiger partial charge in [-0.05, 0) is 39.2 Å². The van der Waals surface area contributed by atoms with Gasteiger partial charge in [-0.25, -0.2) is 0 Å². The van der Waals surface area contributed by atoms with Gasteiger partial charge in [0.2, 0.25) is 5.91 Å². The number of aromatic nitrogens is 3. The van der Waals surface area contributed by atoms with E-state index in [1.807, 2.05) is 20.0 Å². The maximum absolute atomic E-state index is 11.8. The monoisotopic (exact) mass is 343 g/mol. The Hall–Kier alpha value is -2.28. The van der Waals surface area contributed by atoms with Crippen molar-refractivity contribution in [1.29, 1.82) is 0 Å². The van der Waals surface area contributed by atoms with Crippen molar-refractivity contribution in [3.05, 3.63) is 29.5 Å². The predicted molar refractivity (Wildman–Crippen MR) is 93.9 cm³/mol. The zero-order valence-electron chi connectivity index (χ0n) is 15.3. The van der Waals surface area contributed by atoms with Crippen LogP contribution in [0.3, 0.4) is 0 Å². The summed E-state index contributed by atoms with van der Waals surface area (Å²) in [4.78, 5) is 24.8. The fourth-order valence-electron chi connectivity index (χ4n) is 3.29. The second kappa shape index (κ2) is 7.31. The molecule has 1 fully saturated rings. The second-order valence-corrected chi connectivity index (χ2v) is 6.97. The second-order valence-electron chi connectivity index (χ2n) is 6.97. The molecule has 7 heteroatoms. The molecule has 0 saturated carbocycles. The molecule has 2 aromatic heterocycles. The molecule has 7 nitrogen and oxygen atoms in total. The molecular weight excluding hydrogens is 318 g/mol. The van der Waals surface area contributed by atoms with Crippen LogP contribution < -0.4 is 0 Å². The van der Waals surface area contributed by atoms with Crippen LogP contribution in [0.4, 0.5) is 0 Å². The third kappa shape index (κ3) is 4.04. The quantitative estimate of drug-likeness (QED) is 0.822. The van der Waals surface area contributed by atoms with Crippen LogP contribution in [0.15, 0.2) is 16.9 Å². The maximum Gasteiger partial charge on any atom is 0.236 e. The van der Waals surface area contributed by atoms with Crippen molar-refractivity contribution in [2.45, 2.75) is 26.7 Å². The molecule has 3 rings (SSSR count). The van der Waals surface area contributed by atoms with Gasteiger partial charge in [0.15, 0.2) is 0 Å². The first-order valence-corrected chi connectivity index (χ1v) is 8.60. The predicted octanol–water partition coefficient (Wildman–Crippen LogP) is 1.70. The smallest absolute Gasteiger partial charge is 0.236 e. The van der Waals surface area contributed by atoms with Crippen LogP contribution >= 0.6 is 0 Å². The van der Waals surface area contributed by atoms with Gasteiger partial charge < -0.3 is 9.42 Å². The SMILES string of the molecule is Cc1noc(C)c1-c1cnc(C[C@H]2CCN(CC(=O)N(C)C)C2)cn1. The van der Waals surface area contributed by atoms with Gasteiger partial charge in [0.05, 0.1) is 35.4 Å². The first kappa shape index (κ1) is 17.5. The summed E-state index contributed by atoms with van der Waals surface area (Å²) in [7, 11) is 3.60. The van der Waals surface area contributed by atoms with Crippen LogP contribution in [0.5, 0.6) is 0 Å². The van der Waals surface area contributed by atoms with Crippen LogP contribution in [-0.2, 0) is 11.2 Å². The lowest BCUT2D eigenvalue weighted by molar-refractivity contribution is -0.129. The molecule has 2 aromatic rings. The van der Waals surface area contributed by atoms with E-state index in [-0.39, 0.29) is 5.91 Å². The lowest BCUT2D eigenvalue weighted by Gasteiger charge is -2.18. The fraction of sp³-hybridized carbons (Fsp3) is 0.556. The number of rotatable bonds is 5. The van der Waals surface area contributed by atoms with Crippen molar-refractivity contribution < 1.29 is 9.32 Å². The Bertz CT molecular complexity index is 719. The topological polar surface area (TPSA) is 75.4 Å². The number of likely N-dealkylation sites (N-methyl/N-ethyl adjacent to an activating group) is 1. The summed E-state index contributed by atoms with van der Waals surface area (Å²) in [6, 6.07) is 0. The van der Waals surface area contributed by atoms with E-state index in [9.17, 15) is 4.79 Å². The van der Waals surface area contributed by atoms with Crippen LogP contribution in [0.2, 0.25) is 0 Å². The molecule has 1 amide bonds. The highest BCUT2D eigenvalue weighted by Gasteiger charge is 2.25.